The molecule has 0 unspecified atom stereocenters. The van der Waals surface area contributed by atoms with Crippen LogP contribution in [0, 0.1) is 6.92 Å². The van der Waals surface area contributed by atoms with Crippen molar-refractivity contribution in [3.05, 3.63) is 52.7 Å². The SMILES string of the molecule is Cc1cc(Cl)ccc1S(=O)(=O)NCc1ccc(N2CCOCC2)nc1. The Kier molecular flexibility index (Phi) is 5.58. The van der Waals surface area contributed by atoms with E-state index >= 15 is 0 Å². The molecule has 3 rings (SSSR count). The highest BCUT2D eigenvalue weighted by Gasteiger charge is 2.17. The largest absolute Gasteiger partial charge is 0.378 e. The monoisotopic (exact) mass is 381 g/mol. The number of sulfonamides is 1. The second-order valence-corrected chi connectivity index (χ2v) is 8.03. The normalized spacial score (nSPS) is 15.4. The van der Waals surface area contributed by atoms with Crippen molar-refractivity contribution >= 4 is 27.4 Å². The summed E-state index contributed by atoms with van der Waals surface area (Å²) in [6.45, 7) is 4.93. The van der Waals surface area contributed by atoms with Crippen LogP contribution in [0.5, 0.6) is 0 Å². The van der Waals surface area contributed by atoms with Gasteiger partial charge in [0.25, 0.3) is 0 Å². The van der Waals surface area contributed by atoms with Crippen molar-refractivity contribution in [2.75, 3.05) is 31.2 Å². The summed E-state index contributed by atoms with van der Waals surface area (Å²) >= 11 is 5.88. The van der Waals surface area contributed by atoms with Crippen LogP contribution >= 0.6 is 11.6 Å². The van der Waals surface area contributed by atoms with Crippen LogP contribution in [-0.2, 0) is 21.3 Å². The summed E-state index contributed by atoms with van der Waals surface area (Å²) in [7, 11) is -3.60. The maximum atomic E-state index is 12.5. The van der Waals surface area contributed by atoms with Gasteiger partial charge in [-0.3, -0.25) is 0 Å². The predicted octanol–water partition coefficient (Wildman–Crippen LogP) is 2.36. The number of rotatable bonds is 5. The van der Waals surface area contributed by atoms with E-state index in [4.69, 9.17) is 16.3 Å². The van der Waals surface area contributed by atoms with E-state index in [2.05, 4.69) is 14.6 Å². The molecule has 0 amide bonds. The molecule has 0 radical (unpaired) electrons. The van der Waals surface area contributed by atoms with E-state index in [1.807, 2.05) is 12.1 Å². The molecule has 6 nitrogen and oxygen atoms in total. The first-order valence-electron chi connectivity index (χ1n) is 7.99. The number of halogens is 1. The fourth-order valence-electron chi connectivity index (χ4n) is 2.67. The first-order valence-corrected chi connectivity index (χ1v) is 9.85. The highest BCUT2D eigenvalue weighted by Crippen LogP contribution is 2.20. The summed E-state index contributed by atoms with van der Waals surface area (Å²) in [5.41, 5.74) is 1.41. The van der Waals surface area contributed by atoms with Crippen LogP contribution in [0.4, 0.5) is 5.82 Å². The molecule has 25 heavy (non-hydrogen) atoms. The average molecular weight is 382 g/mol. The summed E-state index contributed by atoms with van der Waals surface area (Å²) in [6, 6.07) is 8.51. The van der Waals surface area contributed by atoms with Crippen LogP contribution in [-0.4, -0.2) is 39.7 Å². The van der Waals surface area contributed by atoms with Gasteiger partial charge in [-0.25, -0.2) is 18.1 Å². The molecular weight excluding hydrogens is 362 g/mol. The third kappa shape index (κ3) is 4.49. The molecule has 8 heteroatoms. The van der Waals surface area contributed by atoms with Crippen LogP contribution in [0.25, 0.3) is 0 Å². The van der Waals surface area contributed by atoms with Crippen molar-refractivity contribution in [2.24, 2.45) is 0 Å². The van der Waals surface area contributed by atoms with Crippen LogP contribution in [0.15, 0.2) is 41.4 Å². The molecule has 1 fully saturated rings. The van der Waals surface area contributed by atoms with Gasteiger partial charge in [0.05, 0.1) is 18.1 Å². The van der Waals surface area contributed by atoms with Gasteiger partial charge < -0.3 is 9.64 Å². The van der Waals surface area contributed by atoms with Gasteiger partial charge >= 0.3 is 0 Å². The Bertz CT molecular complexity index is 835. The van der Waals surface area contributed by atoms with Crippen molar-refractivity contribution in [3.63, 3.8) is 0 Å². The van der Waals surface area contributed by atoms with Crippen molar-refractivity contribution in [2.45, 2.75) is 18.4 Å². The molecule has 1 aromatic carbocycles. The van der Waals surface area contributed by atoms with Gasteiger partial charge in [-0.05, 0) is 42.3 Å². The minimum atomic E-state index is -3.60. The summed E-state index contributed by atoms with van der Waals surface area (Å²) in [5, 5.41) is 0.513. The summed E-state index contributed by atoms with van der Waals surface area (Å²) in [4.78, 5) is 6.80. The van der Waals surface area contributed by atoms with E-state index in [0.717, 1.165) is 24.5 Å². The maximum Gasteiger partial charge on any atom is 0.241 e. The van der Waals surface area contributed by atoms with Crippen LogP contribution in [0.2, 0.25) is 5.02 Å². The Labute approximate surface area is 152 Å². The molecule has 134 valence electrons. The third-order valence-corrected chi connectivity index (χ3v) is 5.83. The molecule has 2 heterocycles. The number of hydrogen-bond donors (Lipinski definition) is 1. The topological polar surface area (TPSA) is 71.5 Å². The van der Waals surface area contributed by atoms with E-state index in [9.17, 15) is 8.42 Å². The second kappa shape index (κ2) is 7.70. The Balaban J connectivity index is 1.66. The Hall–Kier alpha value is -1.67. The van der Waals surface area contributed by atoms with Gasteiger partial charge in [0.2, 0.25) is 10.0 Å². The molecule has 0 atom stereocenters. The van der Waals surface area contributed by atoms with Crippen LogP contribution in [0.1, 0.15) is 11.1 Å². The Morgan fingerprint density at radius 2 is 2.00 bits per heavy atom. The molecule has 0 bridgehead atoms. The number of ether oxygens (including phenoxy) is 1. The molecular formula is C17H20ClN3O3S. The van der Waals surface area contributed by atoms with E-state index in [1.165, 1.54) is 6.07 Å². The van der Waals surface area contributed by atoms with E-state index in [0.29, 0.717) is 23.8 Å². The number of nitrogens with zero attached hydrogens (tertiary/aromatic N) is 2. The molecule has 1 N–H and O–H groups in total. The second-order valence-electron chi connectivity index (χ2n) is 5.86. The summed E-state index contributed by atoms with van der Waals surface area (Å²) < 4.78 is 32.8. The first-order chi connectivity index (χ1) is 12.0. The standard InChI is InChI=1S/C17H20ClN3O3S/c1-13-10-15(18)3-4-16(13)25(22,23)20-12-14-2-5-17(19-11-14)21-6-8-24-9-7-21/h2-5,10-11,20H,6-9,12H2,1H3. The lowest BCUT2D eigenvalue weighted by molar-refractivity contribution is 0.122. The number of morpholine rings is 1. The van der Waals surface area contributed by atoms with Crippen molar-refractivity contribution < 1.29 is 13.2 Å². The number of nitrogens with one attached hydrogen (secondary N) is 1. The van der Waals surface area contributed by atoms with Crippen LogP contribution in [0.3, 0.4) is 0 Å². The molecule has 1 saturated heterocycles. The molecule has 0 spiro atoms. The first kappa shape index (κ1) is 18.1. The quantitative estimate of drug-likeness (QED) is 0.860. The molecule has 2 aromatic rings. The maximum absolute atomic E-state index is 12.5. The molecule has 1 aromatic heterocycles. The van der Waals surface area contributed by atoms with E-state index in [1.54, 1.807) is 25.3 Å². The number of aromatic nitrogens is 1. The summed E-state index contributed by atoms with van der Waals surface area (Å²) in [6.07, 6.45) is 1.70. The van der Waals surface area contributed by atoms with Crippen LogP contribution < -0.4 is 9.62 Å². The number of benzene rings is 1. The van der Waals surface area contributed by atoms with E-state index in [-0.39, 0.29) is 11.4 Å². The highest BCUT2D eigenvalue weighted by atomic mass is 35.5. The van der Waals surface area contributed by atoms with Gasteiger partial charge in [-0.2, -0.15) is 0 Å². The predicted molar refractivity (Wildman–Crippen MR) is 97.5 cm³/mol. The van der Waals surface area contributed by atoms with Gasteiger partial charge in [-0.15, -0.1) is 0 Å². The minimum Gasteiger partial charge on any atom is -0.378 e. The molecule has 1 aliphatic rings. The molecule has 1 aliphatic heterocycles. The fraction of sp³-hybridized carbons (Fsp3) is 0.353. The van der Waals surface area contributed by atoms with Gasteiger partial charge in [0.1, 0.15) is 5.82 Å². The van der Waals surface area contributed by atoms with Crippen molar-refractivity contribution in [3.8, 4) is 0 Å². The lowest BCUT2D eigenvalue weighted by Gasteiger charge is -2.27. The zero-order chi connectivity index (χ0) is 17.9. The lowest BCUT2D eigenvalue weighted by Crippen LogP contribution is -2.36. The molecule has 0 aliphatic carbocycles. The number of aryl methyl sites for hydroxylation is 1. The zero-order valence-electron chi connectivity index (χ0n) is 13.9. The fourth-order valence-corrected chi connectivity index (χ4v) is 4.14. The Morgan fingerprint density at radius 3 is 2.64 bits per heavy atom. The minimum absolute atomic E-state index is 0.181. The van der Waals surface area contributed by atoms with Gasteiger partial charge in [-0.1, -0.05) is 17.7 Å². The highest BCUT2D eigenvalue weighted by molar-refractivity contribution is 7.89. The molecule has 0 saturated carbocycles. The van der Waals surface area contributed by atoms with Crippen molar-refractivity contribution in [1.29, 1.82) is 0 Å². The third-order valence-electron chi connectivity index (χ3n) is 4.04. The van der Waals surface area contributed by atoms with E-state index < -0.39 is 10.0 Å². The number of anilines is 1. The van der Waals surface area contributed by atoms with Gasteiger partial charge in [0.15, 0.2) is 0 Å². The number of pyridine rings is 1. The Morgan fingerprint density at radius 1 is 1.24 bits per heavy atom. The van der Waals surface area contributed by atoms with Crippen molar-refractivity contribution in [1.82, 2.24) is 9.71 Å². The summed E-state index contributed by atoms with van der Waals surface area (Å²) in [5.74, 6) is 0.878. The van der Waals surface area contributed by atoms with Gasteiger partial charge in [0, 0.05) is 30.9 Å². The smallest absolute Gasteiger partial charge is 0.241 e. The number of hydrogen-bond acceptors (Lipinski definition) is 5. The zero-order valence-corrected chi connectivity index (χ0v) is 15.5. The lowest BCUT2D eigenvalue weighted by atomic mass is 10.2. The average Bonchev–Trinajstić information content (AvgIpc) is 2.61.